The van der Waals surface area contributed by atoms with Gasteiger partial charge in [0.15, 0.2) is 0 Å². The summed E-state index contributed by atoms with van der Waals surface area (Å²) in [7, 11) is 4.70. The highest BCUT2D eigenvalue weighted by Gasteiger charge is 2.34. The van der Waals surface area contributed by atoms with Crippen molar-refractivity contribution in [1.82, 2.24) is 15.1 Å². The SMILES string of the molecule is CNC(=O)C(Cc1cccs1)N(C)C(=O)C(COCc1ccccc1)N(C)C(=O)/C=C/CC(C)(C)N. The Balaban J connectivity index is 2.23. The molecule has 9 heteroatoms. The zero-order valence-electron chi connectivity index (χ0n) is 21.8. The Morgan fingerprint density at radius 2 is 1.78 bits per heavy atom. The van der Waals surface area contributed by atoms with Gasteiger partial charge in [-0.2, -0.15) is 0 Å². The van der Waals surface area contributed by atoms with Gasteiger partial charge in [-0.15, -0.1) is 11.3 Å². The van der Waals surface area contributed by atoms with Gasteiger partial charge >= 0.3 is 0 Å². The second-order valence-electron chi connectivity index (χ2n) is 9.42. The number of thiophene rings is 1. The number of ether oxygens (including phenoxy) is 1. The predicted octanol–water partition coefficient (Wildman–Crippen LogP) is 2.59. The van der Waals surface area contributed by atoms with E-state index >= 15 is 0 Å². The number of benzene rings is 1. The van der Waals surface area contributed by atoms with Crippen molar-refractivity contribution in [1.29, 1.82) is 0 Å². The van der Waals surface area contributed by atoms with Crippen LogP contribution < -0.4 is 11.1 Å². The Morgan fingerprint density at radius 3 is 2.36 bits per heavy atom. The van der Waals surface area contributed by atoms with Crippen LogP contribution in [0.25, 0.3) is 0 Å². The lowest BCUT2D eigenvalue weighted by Crippen LogP contribution is -2.56. The molecule has 0 fully saturated rings. The topological polar surface area (TPSA) is 105 Å². The van der Waals surface area contributed by atoms with E-state index in [9.17, 15) is 14.4 Å². The number of nitrogens with zero attached hydrogens (tertiary/aromatic N) is 2. The Labute approximate surface area is 218 Å². The lowest BCUT2D eigenvalue weighted by molar-refractivity contribution is -0.148. The first kappa shape index (κ1) is 29.2. The first-order chi connectivity index (χ1) is 17.0. The summed E-state index contributed by atoms with van der Waals surface area (Å²) in [4.78, 5) is 43.1. The van der Waals surface area contributed by atoms with Gasteiger partial charge in [0.1, 0.15) is 12.1 Å². The van der Waals surface area contributed by atoms with Gasteiger partial charge in [-0.3, -0.25) is 14.4 Å². The normalized spacial score (nSPS) is 13.3. The van der Waals surface area contributed by atoms with Gasteiger partial charge in [-0.25, -0.2) is 0 Å². The Bertz CT molecular complexity index is 1000. The maximum Gasteiger partial charge on any atom is 0.248 e. The summed E-state index contributed by atoms with van der Waals surface area (Å²) in [5.74, 6) is -0.997. The number of hydrogen-bond acceptors (Lipinski definition) is 6. The maximum absolute atomic E-state index is 13.7. The molecule has 0 saturated carbocycles. The smallest absolute Gasteiger partial charge is 0.248 e. The average Bonchev–Trinajstić information content (AvgIpc) is 3.36. The largest absolute Gasteiger partial charge is 0.374 e. The first-order valence-electron chi connectivity index (χ1n) is 11.9. The van der Waals surface area contributed by atoms with E-state index in [1.165, 1.54) is 27.2 Å². The zero-order valence-corrected chi connectivity index (χ0v) is 22.6. The molecule has 1 aromatic heterocycles. The molecular formula is C27H38N4O4S. The van der Waals surface area contributed by atoms with Crippen LogP contribution in [0.3, 0.4) is 0 Å². The molecule has 3 amide bonds. The minimum absolute atomic E-state index is 0.0179. The summed E-state index contributed by atoms with van der Waals surface area (Å²) in [6.07, 6.45) is 4.02. The standard InChI is InChI=1S/C27H38N4O4S/c1-27(2,28)15-9-14-24(32)30(4)23(19-35-18-20-11-7-6-8-12-20)26(34)31(5)22(25(33)29-3)17-21-13-10-16-36-21/h6-14,16,22-23H,15,17-19,28H2,1-5H3,(H,29,33)/b14-9+. The van der Waals surface area contributed by atoms with Gasteiger partial charge < -0.3 is 25.6 Å². The van der Waals surface area contributed by atoms with Crippen molar-refractivity contribution in [2.24, 2.45) is 5.73 Å². The van der Waals surface area contributed by atoms with Crippen LogP contribution in [0.1, 0.15) is 30.7 Å². The van der Waals surface area contributed by atoms with E-state index in [-0.39, 0.29) is 24.3 Å². The van der Waals surface area contributed by atoms with E-state index in [0.29, 0.717) is 19.4 Å². The molecule has 0 radical (unpaired) electrons. The summed E-state index contributed by atoms with van der Waals surface area (Å²) in [5.41, 5.74) is 6.51. The number of carbonyl (C=O) groups excluding carboxylic acids is 3. The van der Waals surface area contributed by atoms with Gasteiger partial charge in [0.25, 0.3) is 0 Å². The second-order valence-corrected chi connectivity index (χ2v) is 10.5. The second kappa shape index (κ2) is 13.9. The van der Waals surface area contributed by atoms with E-state index in [4.69, 9.17) is 10.5 Å². The van der Waals surface area contributed by atoms with E-state index in [1.807, 2.05) is 61.7 Å². The van der Waals surface area contributed by atoms with Gasteiger partial charge in [-0.05, 0) is 43.4 Å². The number of amides is 3. The van der Waals surface area contributed by atoms with Crippen LogP contribution in [0.2, 0.25) is 0 Å². The van der Waals surface area contributed by atoms with E-state index in [1.54, 1.807) is 27.2 Å². The molecule has 36 heavy (non-hydrogen) atoms. The molecular weight excluding hydrogens is 476 g/mol. The molecule has 2 aromatic rings. The molecule has 2 unspecified atom stereocenters. The van der Waals surface area contributed by atoms with Crippen LogP contribution >= 0.6 is 11.3 Å². The number of rotatable bonds is 13. The molecule has 1 heterocycles. The number of likely N-dealkylation sites (N-methyl/N-ethyl adjacent to an activating group) is 3. The number of hydrogen-bond donors (Lipinski definition) is 2. The third-order valence-corrected chi connectivity index (χ3v) is 6.63. The fourth-order valence-electron chi connectivity index (χ4n) is 3.53. The van der Waals surface area contributed by atoms with Crippen molar-refractivity contribution >= 4 is 29.1 Å². The van der Waals surface area contributed by atoms with Crippen molar-refractivity contribution in [2.75, 3.05) is 27.7 Å². The molecule has 0 spiro atoms. The molecule has 0 aliphatic rings. The molecule has 0 bridgehead atoms. The van der Waals surface area contributed by atoms with Crippen LogP contribution in [0, 0.1) is 0 Å². The van der Waals surface area contributed by atoms with E-state index < -0.39 is 17.6 Å². The molecule has 0 aliphatic carbocycles. The fraction of sp³-hybridized carbons (Fsp3) is 0.444. The van der Waals surface area contributed by atoms with Gasteiger partial charge in [0.05, 0.1) is 13.2 Å². The van der Waals surface area contributed by atoms with Crippen LogP contribution in [0.4, 0.5) is 0 Å². The maximum atomic E-state index is 13.7. The molecule has 2 rings (SSSR count). The molecule has 1 aromatic carbocycles. The average molecular weight is 515 g/mol. The first-order valence-corrected chi connectivity index (χ1v) is 12.8. The summed E-state index contributed by atoms with van der Waals surface area (Å²) >= 11 is 1.52. The van der Waals surface area contributed by atoms with Crippen LogP contribution in [-0.4, -0.2) is 72.9 Å². The summed E-state index contributed by atoms with van der Waals surface area (Å²) in [6.45, 7) is 4.02. The number of nitrogens with one attached hydrogen (secondary N) is 1. The van der Waals surface area contributed by atoms with Crippen molar-refractivity contribution < 1.29 is 19.1 Å². The fourth-order valence-corrected chi connectivity index (χ4v) is 4.27. The van der Waals surface area contributed by atoms with Crippen LogP contribution in [0.15, 0.2) is 60.0 Å². The Morgan fingerprint density at radius 1 is 1.08 bits per heavy atom. The van der Waals surface area contributed by atoms with Gasteiger partial charge in [0.2, 0.25) is 17.7 Å². The molecule has 0 aliphatic heterocycles. The molecule has 0 saturated heterocycles. The predicted molar refractivity (Wildman–Crippen MR) is 143 cm³/mol. The highest BCUT2D eigenvalue weighted by Crippen LogP contribution is 2.16. The highest BCUT2D eigenvalue weighted by molar-refractivity contribution is 7.09. The van der Waals surface area contributed by atoms with Crippen molar-refractivity contribution in [2.45, 2.75) is 50.9 Å². The summed E-state index contributed by atoms with van der Waals surface area (Å²) in [5, 5.41) is 4.58. The minimum Gasteiger partial charge on any atom is -0.374 e. The van der Waals surface area contributed by atoms with Gasteiger partial charge in [0, 0.05) is 38.0 Å². The van der Waals surface area contributed by atoms with Gasteiger partial charge in [-0.1, -0.05) is 42.5 Å². The minimum atomic E-state index is -0.919. The summed E-state index contributed by atoms with van der Waals surface area (Å²) in [6, 6.07) is 11.8. The van der Waals surface area contributed by atoms with Crippen LogP contribution in [0.5, 0.6) is 0 Å². The molecule has 196 valence electrons. The lowest BCUT2D eigenvalue weighted by Gasteiger charge is -2.33. The van der Waals surface area contributed by atoms with Crippen molar-refractivity contribution in [3.63, 3.8) is 0 Å². The quantitative estimate of drug-likeness (QED) is 0.400. The number of nitrogens with two attached hydrogens (primary N) is 1. The zero-order chi connectivity index (χ0) is 26.7. The van der Waals surface area contributed by atoms with E-state index in [0.717, 1.165) is 10.4 Å². The highest BCUT2D eigenvalue weighted by atomic mass is 32.1. The third-order valence-electron chi connectivity index (χ3n) is 5.73. The number of carbonyl (C=O) groups is 3. The Hall–Kier alpha value is -3.01. The lowest BCUT2D eigenvalue weighted by atomic mass is 10.0. The molecule has 3 N–H and O–H groups in total. The van der Waals surface area contributed by atoms with Crippen LogP contribution in [-0.2, 0) is 32.1 Å². The Kier molecular flexibility index (Phi) is 11.3. The van der Waals surface area contributed by atoms with E-state index in [2.05, 4.69) is 5.32 Å². The summed E-state index contributed by atoms with van der Waals surface area (Å²) < 4.78 is 5.87. The third kappa shape index (κ3) is 9.22. The monoisotopic (exact) mass is 514 g/mol. The van der Waals surface area contributed by atoms with Crippen molar-refractivity contribution in [3.8, 4) is 0 Å². The molecule has 8 nitrogen and oxygen atoms in total. The van der Waals surface area contributed by atoms with Crippen molar-refractivity contribution in [3.05, 3.63) is 70.4 Å². The molecule has 2 atom stereocenters.